The summed E-state index contributed by atoms with van der Waals surface area (Å²) in [6, 6.07) is 21.8. The molecular weight excluding hydrogens is 310 g/mol. The van der Waals surface area contributed by atoms with Crippen LogP contribution >= 0.6 is 0 Å². The lowest BCUT2D eigenvalue weighted by Crippen LogP contribution is -2.10. The van der Waals surface area contributed by atoms with Gasteiger partial charge in [-0.3, -0.25) is 0 Å². The van der Waals surface area contributed by atoms with Crippen molar-refractivity contribution < 1.29 is 0 Å². The number of nitriles is 1. The predicted molar refractivity (Wildman–Crippen MR) is 102 cm³/mol. The third kappa shape index (κ3) is 3.70. The smallest absolute Gasteiger partial charge is 0.152 e. The molecule has 0 radical (unpaired) electrons. The molecule has 25 heavy (non-hydrogen) atoms. The lowest BCUT2D eigenvalue weighted by molar-refractivity contribution is 1.11. The summed E-state index contributed by atoms with van der Waals surface area (Å²) in [7, 11) is 0. The fourth-order valence-corrected chi connectivity index (χ4v) is 2.52. The summed E-state index contributed by atoms with van der Waals surface area (Å²) in [4.78, 5) is 4.54. The maximum atomic E-state index is 9.49. The molecule has 5 nitrogen and oxygen atoms in total. The molecule has 0 aliphatic rings. The van der Waals surface area contributed by atoms with E-state index in [-0.39, 0.29) is 0 Å². The van der Waals surface area contributed by atoms with Crippen LogP contribution in [0.15, 0.2) is 60.7 Å². The quantitative estimate of drug-likeness (QED) is 0.653. The first-order chi connectivity index (χ1) is 12.2. The van der Waals surface area contributed by atoms with Gasteiger partial charge < -0.3 is 16.4 Å². The fourth-order valence-electron chi connectivity index (χ4n) is 2.52. The molecule has 0 bridgehead atoms. The van der Waals surface area contributed by atoms with Crippen LogP contribution in [0.5, 0.6) is 0 Å². The molecule has 0 spiro atoms. The van der Waals surface area contributed by atoms with E-state index in [1.807, 2.05) is 67.6 Å². The zero-order valence-corrected chi connectivity index (χ0v) is 14.0. The molecule has 4 N–H and O–H groups in total. The number of nitrogens with zero attached hydrogens (tertiary/aromatic N) is 2. The highest BCUT2D eigenvalue weighted by atomic mass is 15.1. The topological polar surface area (TPSA) is 86.8 Å². The van der Waals surface area contributed by atoms with Crippen molar-refractivity contribution in [1.82, 2.24) is 4.98 Å². The molecule has 1 heterocycles. The number of hydrogen-bond donors (Lipinski definition) is 3. The highest BCUT2D eigenvalue weighted by molar-refractivity contribution is 5.76. The molecule has 0 atom stereocenters. The van der Waals surface area contributed by atoms with E-state index in [4.69, 9.17) is 5.73 Å². The van der Waals surface area contributed by atoms with Gasteiger partial charge in [-0.05, 0) is 30.2 Å². The summed E-state index contributed by atoms with van der Waals surface area (Å²) in [6.45, 7) is 2.44. The Kier molecular flexibility index (Phi) is 4.82. The first kappa shape index (κ1) is 16.3. The lowest BCUT2D eigenvalue weighted by Gasteiger charge is -2.16. The van der Waals surface area contributed by atoms with E-state index in [1.54, 1.807) is 0 Å². The minimum absolute atomic E-state index is 0.451. The molecule has 1 aromatic heterocycles. The largest absolute Gasteiger partial charge is 0.395 e. The molecule has 0 amide bonds. The van der Waals surface area contributed by atoms with Crippen LogP contribution in [0, 0.1) is 18.3 Å². The first-order valence-electron chi connectivity index (χ1n) is 7.99. The molecule has 0 aliphatic heterocycles. The summed E-state index contributed by atoms with van der Waals surface area (Å²) in [5, 5.41) is 16.0. The second-order valence-electron chi connectivity index (χ2n) is 5.66. The van der Waals surface area contributed by atoms with Gasteiger partial charge in [-0.25, -0.2) is 4.98 Å². The first-order valence-corrected chi connectivity index (χ1v) is 7.99. The van der Waals surface area contributed by atoms with Crippen molar-refractivity contribution in [2.24, 2.45) is 0 Å². The SMILES string of the molecule is Cc1c(N)c(NCc2ccccc2)nc(Nc2ccccc2)c1C#N. The normalized spacial score (nSPS) is 10.1. The second kappa shape index (κ2) is 7.37. The van der Waals surface area contributed by atoms with Crippen molar-refractivity contribution in [2.75, 3.05) is 16.4 Å². The van der Waals surface area contributed by atoms with Crippen LogP contribution in [0.1, 0.15) is 16.7 Å². The standard InChI is InChI=1S/C20H19N5/c1-14-17(12-21)19(24-16-10-6-3-7-11-16)25-20(18(14)22)23-13-15-8-4-2-5-9-15/h2-11H,13,22H2,1H3,(H2,23,24,25). The molecule has 3 rings (SSSR count). The molecule has 5 heteroatoms. The molecule has 2 aromatic carbocycles. The highest BCUT2D eigenvalue weighted by Gasteiger charge is 2.15. The van der Waals surface area contributed by atoms with Gasteiger partial charge in [-0.15, -0.1) is 0 Å². The Hall–Kier alpha value is -3.52. The fraction of sp³-hybridized carbons (Fsp3) is 0.100. The Morgan fingerprint density at radius 1 is 1.00 bits per heavy atom. The Morgan fingerprint density at radius 3 is 2.28 bits per heavy atom. The van der Waals surface area contributed by atoms with Crippen molar-refractivity contribution in [3.8, 4) is 6.07 Å². The average Bonchev–Trinajstić information content (AvgIpc) is 2.65. The molecule has 124 valence electrons. The third-order valence-electron chi connectivity index (χ3n) is 3.95. The number of nitrogens with two attached hydrogens (primary N) is 1. The van der Waals surface area contributed by atoms with Crippen molar-refractivity contribution in [3.63, 3.8) is 0 Å². The van der Waals surface area contributed by atoms with Crippen LogP contribution in [0.4, 0.5) is 23.0 Å². The van der Waals surface area contributed by atoms with E-state index >= 15 is 0 Å². The highest BCUT2D eigenvalue weighted by Crippen LogP contribution is 2.30. The molecule has 0 unspecified atom stereocenters. The minimum atomic E-state index is 0.451. The number of nitrogen functional groups attached to an aromatic ring is 1. The molecule has 0 aliphatic carbocycles. The second-order valence-corrected chi connectivity index (χ2v) is 5.66. The average molecular weight is 329 g/mol. The van der Waals surface area contributed by atoms with Crippen molar-refractivity contribution in [2.45, 2.75) is 13.5 Å². The zero-order chi connectivity index (χ0) is 17.6. The predicted octanol–water partition coefficient (Wildman–Crippen LogP) is 4.20. The maximum absolute atomic E-state index is 9.49. The van der Waals surface area contributed by atoms with E-state index in [0.29, 0.717) is 35.0 Å². The molecule has 0 saturated heterocycles. The van der Waals surface area contributed by atoms with Crippen molar-refractivity contribution >= 4 is 23.0 Å². The van der Waals surface area contributed by atoms with Gasteiger partial charge in [0.05, 0.1) is 11.3 Å². The van der Waals surface area contributed by atoms with E-state index in [9.17, 15) is 5.26 Å². The van der Waals surface area contributed by atoms with E-state index in [2.05, 4.69) is 21.7 Å². The Labute approximate surface area is 147 Å². The van der Waals surface area contributed by atoms with Crippen LogP contribution < -0.4 is 16.4 Å². The number of benzene rings is 2. The van der Waals surface area contributed by atoms with Crippen LogP contribution in [0.25, 0.3) is 0 Å². The number of aromatic nitrogens is 1. The third-order valence-corrected chi connectivity index (χ3v) is 3.95. The summed E-state index contributed by atoms with van der Waals surface area (Å²) >= 11 is 0. The number of nitrogens with one attached hydrogen (secondary N) is 2. The number of para-hydroxylation sites is 1. The number of hydrogen-bond acceptors (Lipinski definition) is 5. The van der Waals surface area contributed by atoms with Gasteiger partial charge in [0, 0.05) is 12.2 Å². The number of pyridine rings is 1. The Morgan fingerprint density at radius 2 is 1.64 bits per heavy atom. The summed E-state index contributed by atoms with van der Waals surface area (Å²) in [5.41, 5.74) is 9.83. The van der Waals surface area contributed by atoms with Gasteiger partial charge in [0.1, 0.15) is 6.07 Å². The molecule has 0 saturated carbocycles. The number of rotatable bonds is 5. The number of anilines is 4. The molecule has 0 fully saturated rings. The Balaban J connectivity index is 1.92. The molecule has 3 aromatic rings. The summed E-state index contributed by atoms with van der Waals surface area (Å²) in [5.74, 6) is 1.06. The van der Waals surface area contributed by atoms with E-state index in [0.717, 1.165) is 11.3 Å². The monoisotopic (exact) mass is 329 g/mol. The Bertz CT molecular complexity index is 899. The van der Waals surface area contributed by atoms with Crippen LogP contribution in [0.2, 0.25) is 0 Å². The molecular formula is C20H19N5. The van der Waals surface area contributed by atoms with Crippen molar-refractivity contribution in [1.29, 1.82) is 5.26 Å². The maximum Gasteiger partial charge on any atom is 0.152 e. The van der Waals surface area contributed by atoms with Crippen LogP contribution in [-0.2, 0) is 6.54 Å². The van der Waals surface area contributed by atoms with Crippen LogP contribution in [0.3, 0.4) is 0 Å². The van der Waals surface area contributed by atoms with Gasteiger partial charge in [0.25, 0.3) is 0 Å². The van der Waals surface area contributed by atoms with Gasteiger partial charge in [0.2, 0.25) is 0 Å². The zero-order valence-electron chi connectivity index (χ0n) is 14.0. The summed E-state index contributed by atoms with van der Waals surface area (Å²) in [6.07, 6.45) is 0. The van der Waals surface area contributed by atoms with E-state index < -0.39 is 0 Å². The van der Waals surface area contributed by atoms with Gasteiger partial charge >= 0.3 is 0 Å². The summed E-state index contributed by atoms with van der Waals surface area (Å²) < 4.78 is 0. The van der Waals surface area contributed by atoms with Gasteiger partial charge in [-0.1, -0.05) is 48.5 Å². The van der Waals surface area contributed by atoms with E-state index in [1.165, 1.54) is 0 Å². The minimum Gasteiger partial charge on any atom is -0.395 e. The van der Waals surface area contributed by atoms with Crippen molar-refractivity contribution in [3.05, 3.63) is 77.4 Å². The van der Waals surface area contributed by atoms with Gasteiger partial charge in [0.15, 0.2) is 11.6 Å². The van der Waals surface area contributed by atoms with Crippen LogP contribution in [-0.4, -0.2) is 4.98 Å². The lowest BCUT2D eigenvalue weighted by atomic mass is 10.1. The van der Waals surface area contributed by atoms with Gasteiger partial charge in [-0.2, -0.15) is 5.26 Å².